The highest BCUT2D eigenvalue weighted by Gasteiger charge is 2.16. The van der Waals surface area contributed by atoms with Crippen LogP contribution in [0.4, 0.5) is 17.3 Å². The Morgan fingerprint density at radius 2 is 1.94 bits per heavy atom. The Bertz CT molecular complexity index is 1290. The number of nitrogens with zero attached hydrogens (tertiary/aromatic N) is 3. The van der Waals surface area contributed by atoms with Crippen molar-refractivity contribution in [1.29, 1.82) is 0 Å². The molecule has 0 aliphatic heterocycles. The molecule has 0 aliphatic rings. The molecule has 170 valence electrons. The van der Waals surface area contributed by atoms with E-state index in [9.17, 15) is 4.79 Å². The summed E-state index contributed by atoms with van der Waals surface area (Å²) < 4.78 is 2.06. The van der Waals surface area contributed by atoms with Gasteiger partial charge in [0.2, 0.25) is 11.9 Å². The molecule has 7 nitrogen and oxygen atoms in total. The first-order chi connectivity index (χ1) is 16.0. The summed E-state index contributed by atoms with van der Waals surface area (Å²) >= 11 is 6.48. The number of carbonyl (C=O) groups is 1. The third-order valence-electron chi connectivity index (χ3n) is 5.60. The number of para-hydroxylation sites is 1. The lowest BCUT2D eigenvalue weighted by molar-refractivity contribution is -0.119. The molecule has 2 aromatic carbocycles. The van der Waals surface area contributed by atoms with Gasteiger partial charge in [-0.1, -0.05) is 42.8 Å². The summed E-state index contributed by atoms with van der Waals surface area (Å²) in [5, 5.41) is 10.8. The molecule has 33 heavy (non-hydrogen) atoms. The summed E-state index contributed by atoms with van der Waals surface area (Å²) in [6.07, 6.45) is 4.39. The minimum absolute atomic E-state index is 0.00927. The first kappa shape index (κ1) is 22.8. The van der Waals surface area contributed by atoms with Crippen molar-refractivity contribution in [2.45, 2.75) is 13.3 Å². The second-order valence-corrected chi connectivity index (χ2v) is 8.33. The van der Waals surface area contributed by atoms with Gasteiger partial charge in [-0.3, -0.25) is 4.79 Å². The molecule has 0 fully saturated rings. The molecular formula is C25H27ClN6O. The SMILES string of the molecule is CCC(CNC)C(=O)Nc1cccc(Nc2ncc(Cl)c(-c3cn(C)c4ccccc34)n2)c1. The first-order valence-electron chi connectivity index (χ1n) is 10.9. The van der Waals surface area contributed by atoms with Gasteiger partial charge in [0.1, 0.15) is 0 Å². The molecule has 0 saturated heterocycles. The van der Waals surface area contributed by atoms with Gasteiger partial charge in [0.05, 0.1) is 22.8 Å². The van der Waals surface area contributed by atoms with Crippen molar-refractivity contribution in [2.24, 2.45) is 13.0 Å². The van der Waals surface area contributed by atoms with Crippen molar-refractivity contribution < 1.29 is 4.79 Å². The number of benzene rings is 2. The molecular weight excluding hydrogens is 436 g/mol. The van der Waals surface area contributed by atoms with Crippen LogP contribution in [0.1, 0.15) is 13.3 Å². The van der Waals surface area contributed by atoms with Crippen LogP contribution >= 0.6 is 11.6 Å². The minimum atomic E-state index is -0.0885. The average Bonchev–Trinajstić information content (AvgIpc) is 3.15. The van der Waals surface area contributed by atoms with Crippen molar-refractivity contribution in [3.8, 4) is 11.3 Å². The predicted octanol–water partition coefficient (Wildman–Crippen LogP) is 5.22. The second kappa shape index (κ2) is 10.0. The average molecular weight is 463 g/mol. The number of amides is 1. The zero-order valence-corrected chi connectivity index (χ0v) is 19.6. The van der Waals surface area contributed by atoms with Crippen molar-refractivity contribution >= 4 is 45.7 Å². The lowest BCUT2D eigenvalue weighted by atomic mass is 10.1. The molecule has 8 heteroatoms. The topological polar surface area (TPSA) is 83.9 Å². The molecule has 3 N–H and O–H groups in total. The molecule has 4 aromatic rings. The fourth-order valence-corrected chi connectivity index (χ4v) is 4.06. The molecule has 1 amide bonds. The molecule has 4 rings (SSSR count). The third-order valence-corrected chi connectivity index (χ3v) is 5.87. The second-order valence-electron chi connectivity index (χ2n) is 7.92. The maximum absolute atomic E-state index is 12.5. The monoisotopic (exact) mass is 462 g/mol. The molecule has 2 aromatic heterocycles. The smallest absolute Gasteiger partial charge is 0.228 e. The molecule has 1 atom stereocenters. The number of carbonyl (C=O) groups excluding carboxylic acids is 1. The van der Waals surface area contributed by atoms with Crippen LogP contribution in [0.2, 0.25) is 5.02 Å². The number of aromatic nitrogens is 3. The maximum Gasteiger partial charge on any atom is 0.228 e. The van der Waals surface area contributed by atoms with Gasteiger partial charge in [-0.2, -0.15) is 0 Å². The molecule has 0 saturated carbocycles. The Hall–Kier alpha value is -3.42. The number of hydrogen-bond acceptors (Lipinski definition) is 5. The van der Waals surface area contributed by atoms with E-state index < -0.39 is 0 Å². The van der Waals surface area contributed by atoms with Crippen molar-refractivity contribution in [3.63, 3.8) is 0 Å². The van der Waals surface area contributed by atoms with Crippen LogP contribution in [-0.2, 0) is 11.8 Å². The third kappa shape index (κ3) is 4.99. The van der Waals surface area contributed by atoms with E-state index in [1.165, 1.54) is 0 Å². The van der Waals surface area contributed by atoms with Gasteiger partial charge in [-0.05, 0) is 37.7 Å². The zero-order valence-electron chi connectivity index (χ0n) is 18.9. The highest BCUT2D eigenvalue weighted by atomic mass is 35.5. The quantitative estimate of drug-likeness (QED) is 0.334. The Labute approximate surface area is 198 Å². The summed E-state index contributed by atoms with van der Waals surface area (Å²) in [6, 6.07) is 15.6. The molecule has 0 spiro atoms. The van der Waals surface area contributed by atoms with Crippen molar-refractivity contribution in [2.75, 3.05) is 24.2 Å². The highest BCUT2D eigenvalue weighted by Crippen LogP contribution is 2.34. The van der Waals surface area contributed by atoms with E-state index in [2.05, 4.69) is 37.6 Å². The summed E-state index contributed by atoms with van der Waals surface area (Å²) in [7, 11) is 3.85. The molecule has 0 aliphatic carbocycles. The fourth-order valence-electron chi connectivity index (χ4n) is 3.86. The lowest BCUT2D eigenvalue weighted by Crippen LogP contribution is -2.30. The van der Waals surface area contributed by atoms with Gasteiger partial charge in [-0.15, -0.1) is 0 Å². The summed E-state index contributed by atoms with van der Waals surface area (Å²) in [4.78, 5) is 21.6. The Kier molecular flexibility index (Phi) is 6.91. The van der Waals surface area contributed by atoms with Crippen molar-refractivity contribution in [3.05, 3.63) is 65.9 Å². The summed E-state index contributed by atoms with van der Waals surface area (Å²) in [6.45, 7) is 2.64. The van der Waals surface area contributed by atoms with Gasteiger partial charge in [-0.25, -0.2) is 9.97 Å². The van der Waals surface area contributed by atoms with Crippen LogP contribution in [0.5, 0.6) is 0 Å². The number of fused-ring (bicyclic) bond motifs is 1. The van der Waals surface area contributed by atoms with E-state index in [1.54, 1.807) is 6.20 Å². The standard InChI is InChI=1S/C25H27ClN6O/c1-4-16(13-27-2)24(33)29-17-8-7-9-18(12-17)30-25-28-14-21(26)23(31-25)20-15-32(3)22-11-6-5-10-19(20)22/h5-12,14-16,27H,4,13H2,1-3H3,(H,29,33)(H,28,30,31). The lowest BCUT2D eigenvalue weighted by Gasteiger charge is -2.15. The fraction of sp³-hybridized carbons (Fsp3) is 0.240. The number of hydrogen-bond donors (Lipinski definition) is 3. The van der Waals surface area contributed by atoms with E-state index in [4.69, 9.17) is 16.6 Å². The minimum Gasteiger partial charge on any atom is -0.350 e. The van der Waals surface area contributed by atoms with E-state index >= 15 is 0 Å². The predicted molar refractivity (Wildman–Crippen MR) is 135 cm³/mol. The van der Waals surface area contributed by atoms with Gasteiger partial charge >= 0.3 is 0 Å². The van der Waals surface area contributed by atoms with E-state index in [1.807, 2.05) is 63.6 Å². The highest BCUT2D eigenvalue weighted by molar-refractivity contribution is 6.33. The Morgan fingerprint density at radius 1 is 1.15 bits per heavy atom. The maximum atomic E-state index is 12.5. The van der Waals surface area contributed by atoms with Crippen LogP contribution in [0.15, 0.2) is 60.9 Å². The van der Waals surface area contributed by atoms with Crippen molar-refractivity contribution in [1.82, 2.24) is 19.9 Å². The number of anilines is 3. The van der Waals surface area contributed by atoms with Crippen LogP contribution in [0, 0.1) is 5.92 Å². The molecule has 2 heterocycles. The van der Waals surface area contributed by atoms with Crippen LogP contribution in [0.25, 0.3) is 22.2 Å². The van der Waals surface area contributed by atoms with E-state index in [0.29, 0.717) is 28.9 Å². The number of halogens is 1. The van der Waals surface area contributed by atoms with Gasteiger partial charge in [0.25, 0.3) is 0 Å². The molecule has 0 bridgehead atoms. The van der Waals surface area contributed by atoms with Crippen LogP contribution in [-0.4, -0.2) is 34.0 Å². The summed E-state index contributed by atoms with van der Waals surface area (Å²) in [5.74, 6) is 0.326. The van der Waals surface area contributed by atoms with Gasteiger partial charge in [0, 0.05) is 47.6 Å². The van der Waals surface area contributed by atoms with Crippen LogP contribution in [0.3, 0.4) is 0 Å². The normalized spacial score (nSPS) is 12.0. The zero-order chi connectivity index (χ0) is 23.4. The van der Waals surface area contributed by atoms with Gasteiger partial charge in [0.15, 0.2) is 0 Å². The largest absolute Gasteiger partial charge is 0.350 e. The molecule has 0 radical (unpaired) electrons. The summed E-state index contributed by atoms with van der Waals surface area (Å²) in [5.41, 5.74) is 4.18. The van der Waals surface area contributed by atoms with Crippen LogP contribution < -0.4 is 16.0 Å². The number of rotatable bonds is 8. The van der Waals surface area contributed by atoms with E-state index in [-0.39, 0.29) is 11.8 Å². The van der Waals surface area contributed by atoms with E-state index in [0.717, 1.165) is 28.6 Å². The van der Waals surface area contributed by atoms with Gasteiger partial charge < -0.3 is 20.5 Å². The Morgan fingerprint density at radius 3 is 2.73 bits per heavy atom. The number of aryl methyl sites for hydroxylation is 1. The Balaban J connectivity index is 1.58. The number of nitrogens with one attached hydrogen (secondary N) is 3. The molecule has 1 unspecified atom stereocenters. The first-order valence-corrected chi connectivity index (χ1v) is 11.3.